The predicted molar refractivity (Wildman–Crippen MR) is 77.2 cm³/mol. The van der Waals surface area contributed by atoms with Gasteiger partial charge in [-0.3, -0.25) is 0 Å². The minimum absolute atomic E-state index is 0.639. The van der Waals surface area contributed by atoms with E-state index >= 15 is 0 Å². The second-order valence-electron chi connectivity index (χ2n) is 5.21. The van der Waals surface area contributed by atoms with Crippen molar-refractivity contribution < 1.29 is 0 Å². The Balaban J connectivity index is 1.70. The quantitative estimate of drug-likeness (QED) is 0.888. The van der Waals surface area contributed by atoms with Crippen molar-refractivity contribution in [1.29, 1.82) is 0 Å². The van der Waals surface area contributed by atoms with Crippen LogP contribution in [0.25, 0.3) is 0 Å². The van der Waals surface area contributed by atoms with Gasteiger partial charge in [-0.15, -0.1) is 0 Å². The molecule has 3 nitrogen and oxygen atoms in total. The highest BCUT2D eigenvalue weighted by atomic mass is 35.5. The molecule has 1 fully saturated rings. The normalized spacial score (nSPS) is 18.6. The average molecular weight is 268 g/mol. The van der Waals surface area contributed by atoms with Crippen molar-refractivity contribution in [2.24, 2.45) is 5.92 Å². The molecule has 100 valence electrons. The maximum absolute atomic E-state index is 5.81. The fourth-order valence-corrected chi connectivity index (χ4v) is 2.52. The van der Waals surface area contributed by atoms with Gasteiger partial charge in [-0.1, -0.05) is 24.9 Å². The van der Waals surface area contributed by atoms with Gasteiger partial charge in [0.15, 0.2) is 0 Å². The molecule has 2 heterocycles. The molecular weight excluding hydrogens is 246 g/mol. The second-order valence-corrected chi connectivity index (χ2v) is 5.65. The van der Waals surface area contributed by atoms with Gasteiger partial charge in [0.2, 0.25) is 0 Å². The highest BCUT2D eigenvalue weighted by Gasteiger charge is 2.13. The molecule has 0 aromatic carbocycles. The zero-order valence-corrected chi connectivity index (χ0v) is 11.8. The number of nitrogens with zero attached hydrogens (tertiary/aromatic N) is 2. The Labute approximate surface area is 115 Å². The summed E-state index contributed by atoms with van der Waals surface area (Å²) in [5, 5.41) is 4.05. The van der Waals surface area contributed by atoms with Crippen molar-refractivity contribution in [3.05, 3.63) is 23.4 Å². The van der Waals surface area contributed by atoms with E-state index in [1.54, 1.807) is 6.20 Å². The van der Waals surface area contributed by atoms with E-state index in [4.69, 9.17) is 11.6 Å². The highest BCUT2D eigenvalue weighted by molar-refractivity contribution is 6.30. The van der Waals surface area contributed by atoms with Gasteiger partial charge in [0.25, 0.3) is 0 Å². The van der Waals surface area contributed by atoms with Crippen LogP contribution in [0.1, 0.15) is 26.2 Å². The molecule has 1 N–H and O–H groups in total. The first-order valence-electron chi connectivity index (χ1n) is 6.82. The summed E-state index contributed by atoms with van der Waals surface area (Å²) in [6, 6.07) is 3.79. The summed E-state index contributed by atoms with van der Waals surface area (Å²) in [4.78, 5) is 6.81. The van der Waals surface area contributed by atoms with E-state index in [0.29, 0.717) is 10.9 Å². The number of likely N-dealkylation sites (tertiary alicyclic amines) is 1. The van der Waals surface area contributed by atoms with Crippen LogP contribution in [0.3, 0.4) is 0 Å². The van der Waals surface area contributed by atoms with Crippen molar-refractivity contribution in [3.63, 3.8) is 0 Å². The summed E-state index contributed by atoms with van der Waals surface area (Å²) in [6.45, 7) is 6.97. The van der Waals surface area contributed by atoms with Gasteiger partial charge >= 0.3 is 0 Å². The molecular formula is C14H22ClN3. The molecule has 0 amide bonds. The van der Waals surface area contributed by atoms with Crippen molar-refractivity contribution in [2.45, 2.75) is 26.2 Å². The Bertz CT molecular complexity index is 347. The minimum Gasteiger partial charge on any atom is -0.370 e. The second kappa shape index (κ2) is 6.95. The number of piperidine rings is 1. The van der Waals surface area contributed by atoms with Crippen molar-refractivity contribution >= 4 is 17.4 Å². The smallest absolute Gasteiger partial charge is 0.125 e. The number of rotatable bonds is 5. The Morgan fingerprint density at radius 2 is 2.11 bits per heavy atom. The third-order valence-electron chi connectivity index (χ3n) is 3.38. The van der Waals surface area contributed by atoms with Gasteiger partial charge in [0.1, 0.15) is 5.82 Å². The molecule has 18 heavy (non-hydrogen) atoms. The van der Waals surface area contributed by atoms with Crippen LogP contribution in [0, 0.1) is 5.92 Å². The summed E-state index contributed by atoms with van der Waals surface area (Å²) in [7, 11) is 0. The van der Waals surface area contributed by atoms with Crippen molar-refractivity contribution in [3.8, 4) is 0 Å². The van der Waals surface area contributed by atoms with Gasteiger partial charge in [-0.2, -0.15) is 0 Å². The predicted octanol–water partition coefficient (Wildman–Crippen LogP) is 3.27. The first-order chi connectivity index (χ1) is 8.74. The largest absolute Gasteiger partial charge is 0.370 e. The lowest BCUT2D eigenvalue weighted by atomic mass is 10.1. The standard InChI is InChI=1S/C14H22ClN3/c1-12(11-18-7-3-2-4-8-18)9-16-14-6-5-13(15)10-17-14/h5-6,10,12H,2-4,7-9,11H2,1H3,(H,16,17). The van der Waals surface area contributed by atoms with Crippen molar-refractivity contribution in [1.82, 2.24) is 9.88 Å². The van der Waals surface area contributed by atoms with E-state index in [-0.39, 0.29) is 0 Å². The van der Waals surface area contributed by atoms with Crippen LogP contribution in [0.5, 0.6) is 0 Å². The Kier molecular flexibility index (Phi) is 5.26. The lowest BCUT2D eigenvalue weighted by Gasteiger charge is -2.29. The molecule has 1 unspecified atom stereocenters. The lowest BCUT2D eigenvalue weighted by molar-refractivity contribution is 0.204. The fourth-order valence-electron chi connectivity index (χ4n) is 2.41. The van der Waals surface area contributed by atoms with Crippen LogP contribution in [-0.4, -0.2) is 36.1 Å². The highest BCUT2D eigenvalue weighted by Crippen LogP contribution is 2.12. The zero-order chi connectivity index (χ0) is 12.8. The van der Waals surface area contributed by atoms with Crippen LogP contribution in [0.15, 0.2) is 18.3 Å². The van der Waals surface area contributed by atoms with Crippen LogP contribution < -0.4 is 5.32 Å². The lowest BCUT2D eigenvalue weighted by Crippen LogP contribution is -2.35. The molecule has 1 aromatic heterocycles. The third kappa shape index (κ3) is 4.46. The summed E-state index contributed by atoms with van der Waals surface area (Å²) in [5.74, 6) is 1.55. The van der Waals surface area contributed by atoms with E-state index < -0.39 is 0 Å². The van der Waals surface area contributed by atoms with E-state index in [0.717, 1.165) is 12.4 Å². The molecule has 2 rings (SSSR count). The molecule has 4 heteroatoms. The van der Waals surface area contributed by atoms with Crippen LogP contribution in [0.2, 0.25) is 5.02 Å². The van der Waals surface area contributed by atoms with E-state index in [2.05, 4.69) is 22.1 Å². The molecule has 1 saturated heterocycles. The molecule has 1 aliphatic heterocycles. The van der Waals surface area contributed by atoms with Gasteiger partial charge < -0.3 is 10.2 Å². The van der Waals surface area contributed by atoms with Gasteiger partial charge in [0, 0.05) is 19.3 Å². The number of nitrogens with one attached hydrogen (secondary N) is 1. The van der Waals surface area contributed by atoms with Crippen LogP contribution in [-0.2, 0) is 0 Å². The van der Waals surface area contributed by atoms with Crippen molar-refractivity contribution in [2.75, 3.05) is 31.5 Å². The summed E-state index contributed by atoms with van der Waals surface area (Å²) in [5.41, 5.74) is 0. The first kappa shape index (κ1) is 13.6. The Hall–Kier alpha value is -0.800. The summed E-state index contributed by atoms with van der Waals surface area (Å²) < 4.78 is 0. The SMILES string of the molecule is CC(CNc1ccc(Cl)cn1)CN1CCCCC1. The van der Waals surface area contributed by atoms with E-state index in [1.807, 2.05) is 12.1 Å². The molecule has 0 bridgehead atoms. The molecule has 1 aliphatic rings. The third-order valence-corrected chi connectivity index (χ3v) is 3.60. The maximum atomic E-state index is 5.81. The number of hydrogen-bond acceptors (Lipinski definition) is 3. The Morgan fingerprint density at radius 3 is 2.78 bits per heavy atom. The molecule has 1 atom stereocenters. The molecule has 0 aliphatic carbocycles. The zero-order valence-electron chi connectivity index (χ0n) is 11.0. The molecule has 0 saturated carbocycles. The average Bonchev–Trinajstić information content (AvgIpc) is 2.39. The van der Waals surface area contributed by atoms with Crippen LogP contribution in [0.4, 0.5) is 5.82 Å². The Morgan fingerprint density at radius 1 is 1.33 bits per heavy atom. The molecule has 0 spiro atoms. The number of aromatic nitrogens is 1. The number of pyridine rings is 1. The minimum atomic E-state index is 0.639. The molecule has 1 aromatic rings. The number of anilines is 1. The van der Waals surface area contributed by atoms with Gasteiger partial charge in [0.05, 0.1) is 5.02 Å². The topological polar surface area (TPSA) is 28.2 Å². The van der Waals surface area contributed by atoms with E-state index in [1.165, 1.54) is 38.9 Å². The monoisotopic (exact) mass is 267 g/mol. The van der Waals surface area contributed by atoms with Gasteiger partial charge in [-0.25, -0.2) is 4.98 Å². The fraction of sp³-hybridized carbons (Fsp3) is 0.643. The summed E-state index contributed by atoms with van der Waals surface area (Å²) >= 11 is 5.81. The first-order valence-corrected chi connectivity index (χ1v) is 7.19. The molecule has 0 radical (unpaired) electrons. The number of hydrogen-bond donors (Lipinski definition) is 1. The van der Waals surface area contributed by atoms with E-state index in [9.17, 15) is 0 Å². The number of halogens is 1. The van der Waals surface area contributed by atoms with Gasteiger partial charge in [-0.05, 0) is 44.0 Å². The summed E-state index contributed by atoms with van der Waals surface area (Å²) in [6.07, 6.45) is 5.80. The maximum Gasteiger partial charge on any atom is 0.125 e. The van der Waals surface area contributed by atoms with Crippen LogP contribution >= 0.6 is 11.6 Å².